The van der Waals surface area contributed by atoms with Crippen LogP contribution < -0.4 is 5.32 Å². The Hall–Kier alpha value is -2.18. The number of amides is 1. The zero-order valence-corrected chi connectivity index (χ0v) is 13.2. The van der Waals surface area contributed by atoms with Gasteiger partial charge in [-0.3, -0.25) is 14.4 Å². The predicted octanol–water partition coefficient (Wildman–Crippen LogP) is 3.22. The lowest BCUT2D eigenvalue weighted by molar-refractivity contribution is -0.147. The summed E-state index contributed by atoms with van der Waals surface area (Å²) in [5.74, 6) is -2.76. The summed E-state index contributed by atoms with van der Waals surface area (Å²) in [5, 5.41) is 2.25. The van der Waals surface area contributed by atoms with Gasteiger partial charge in [0.15, 0.2) is 0 Å². The first-order chi connectivity index (χ1) is 11.0. The molecule has 2 fully saturated rings. The Morgan fingerprint density at radius 3 is 2.38 bits per heavy atom. The molecule has 3 rings (SSSR count). The molecule has 2 aliphatic rings. The monoisotopic (exact) mass is 339 g/mol. The largest absolute Gasteiger partial charge is 0.418 e. The van der Waals surface area contributed by atoms with Crippen molar-refractivity contribution in [3.05, 3.63) is 29.8 Å². The molecule has 2 atom stereocenters. The van der Waals surface area contributed by atoms with E-state index < -0.39 is 51.6 Å². The zero-order chi connectivity index (χ0) is 17.9. The highest BCUT2D eigenvalue weighted by atomic mass is 19.4. The lowest BCUT2D eigenvalue weighted by Gasteiger charge is -2.34. The molecule has 7 heteroatoms. The number of carbonyl (C=O) groups is 3. The minimum Gasteiger partial charge on any atom is -0.325 e. The number of fused-ring (bicyclic) bond motifs is 2. The lowest BCUT2D eigenvalue weighted by atomic mass is 9.68. The van der Waals surface area contributed by atoms with Gasteiger partial charge in [-0.25, -0.2) is 0 Å². The molecular formula is C17H16F3NO3. The second-order valence-corrected chi connectivity index (χ2v) is 6.91. The van der Waals surface area contributed by atoms with Crippen molar-refractivity contribution >= 4 is 23.2 Å². The van der Waals surface area contributed by atoms with Crippen molar-refractivity contribution in [3.63, 3.8) is 0 Å². The van der Waals surface area contributed by atoms with Gasteiger partial charge in [-0.2, -0.15) is 13.2 Å². The molecule has 1 aromatic rings. The highest BCUT2D eigenvalue weighted by Crippen LogP contribution is 2.62. The molecule has 2 bridgehead atoms. The van der Waals surface area contributed by atoms with Crippen molar-refractivity contribution in [2.24, 2.45) is 16.7 Å². The van der Waals surface area contributed by atoms with Crippen molar-refractivity contribution in [2.75, 3.05) is 5.32 Å². The minimum absolute atomic E-state index is 0.176. The van der Waals surface area contributed by atoms with Crippen molar-refractivity contribution in [3.8, 4) is 0 Å². The number of rotatable bonds is 2. The molecule has 1 amide bonds. The predicted molar refractivity (Wildman–Crippen MR) is 79.0 cm³/mol. The Labute approximate surface area is 136 Å². The molecule has 1 aromatic carbocycles. The van der Waals surface area contributed by atoms with E-state index in [-0.39, 0.29) is 6.42 Å². The van der Waals surface area contributed by atoms with Crippen LogP contribution in [0, 0.1) is 16.7 Å². The average Bonchev–Trinajstić information content (AvgIpc) is 2.83. The molecule has 0 aromatic heterocycles. The van der Waals surface area contributed by atoms with Crippen LogP contribution in [0.25, 0.3) is 0 Å². The molecular weight excluding hydrogens is 323 g/mol. The van der Waals surface area contributed by atoms with Gasteiger partial charge >= 0.3 is 6.18 Å². The van der Waals surface area contributed by atoms with Crippen LogP contribution in [-0.2, 0) is 20.6 Å². The fraction of sp³-hybridized carbons (Fsp3) is 0.471. The first-order valence-corrected chi connectivity index (χ1v) is 7.60. The topological polar surface area (TPSA) is 63.2 Å². The maximum Gasteiger partial charge on any atom is 0.418 e. The summed E-state index contributed by atoms with van der Waals surface area (Å²) in [6.45, 7) is 3.31. The Balaban J connectivity index is 2.00. The number of alkyl halides is 3. The van der Waals surface area contributed by atoms with E-state index in [4.69, 9.17) is 0 Å². The Morgan fingerprint density at radius 2 is 1.83 bits per heavy atom. The van der Waals surface area contributed by atoms with Gasteiger partial charge in [0.25, 0.3) is 0 Å². The molecule has 0 aliphatic heterocycles. The standard InChI is InChI=1S/C17H16F3NO3/c1-15(2)10-7-8-16(15,13(23)12(10)22)14(24)21-11-6-4-3-5-9(11)17(18,19)20/h3-6,10H,7-8H2,1-2H3,(H,21,24)/t10-,16-/m0/s1. The number of carbonyl (C=O) groups excluding carboxylic acids is 3. The van der Waals surface area contributed by atoms with Gasteiger partial charge < -0.3 is 5.32 Å². The van der Waals surface area contributed by atoms with Crippen molar-refractivity contribution in [1.29, 1.82) is 0 Å². The summed E-state index contributed by atoms with van der Waals surface area (Å²) in [4.78, 5) is 37.2. The molecule has 0 heterocycles. The first kappa shape index (κ1) is 16.7. The van der Waals surface area contributed by atoms with Crippen LogP contribution in [0.3, 0.4) is 0 Å². The number of para-hydroxylation sites is 1. The maximum atomic E-state index is 13.1. The molecule has 0 saturated heterocycles. The summed E-state index contributed by atoms with van der Waals surface area (Å²) in [6.07, 6.45) is -4.06. The van der Waals surface area contributed by atoms with E-state index in [0.717, 1.165) is 12.1 Å². The van der Waals surface area contributed by atoms with E-state index in [2.05, 4.69) is 5.32 Å². The third-order valence-corrected chi connectivity index (χ3v) is 5.58. The van der Waals surface area contributed by atoms with Crippen LogP contribution in [0.15, 0.2) is 24.3 Å². The molecule has 2 aliphatic carbocycles. The fourth-order valence-electron chi connectivity index (χ4n) is 4.15. The van der Waals surface area contributed by atoms with Crippen molar-refractivity contribution in [2.45, 2.75) is 32.9 Å². The number of Topliss-reactive ketones (excluding diaryl/α,β-unsaturated/α-hetero) is 2. The summed E-state index contributed by atoms with van der Waals surface area (Å²) >= 11 is 0. The van der Waals surface area contributed by atoms with Crippen molar-refractivity contribution in [1.82, 2.24) is 0 Å². The number of hydrogen-bond acceptors (Lipinski definition) is 3. The van der Waals surface area contributed by atoms with Gasteiger partial charge in [-0.15, -0.1) is 0 Å². The van der Waals surface area contributed by atoms with Gasteiger partial charge in [-0.05, 0) is 30.4 Å². The third-order valence-electron chi connectivity index (χ3n) is 5.58. The normalized spacial score (nSPS) is 28.3. The maximum absolute atomic E-state index is 13.1. The molecule has 24 heavy (non-hydrogen) atoms. The Morgan fingerprint density at radius 1 is 1.21 bits per heavy atom. The average molecular weight is 339 g/mol. The van der Waals surface area contributed by atoms with Crippen LogP contribution in [0.2, 0.25) is 0 Å². The number of hydrogen-bond donors (Lipinski definition) is 1. The van der Waals surface area contributed by atoms with Gasteiger partial charge in [-0.1, -0.05) is 26.0 Å². The zero-order valence-electron chi connectivity index (χ0n) is 13.2. The number of benzene rings is 1. The number of halogens is 3. The molecule has 2 saturated carbocycles. The van der Waals surface area contributed by atoms with Crippen LogP contribution in [0.4, 0.5) is 18.9 Å². The summed E-state index contributed by atoms with van der Waals surface area (Å²) < 4.78 is 39.2. The quantitative estimate of drug-likeness (QED) is 0.665. The van der Waals surface area contributed by atoms with E-state index in [1.807, 2.05) is 0 Å². The van der Waals surface area contributed by atoms with Crippen LogP contribution in [-0.4, -0.2) is 17.5 Å². The second kappa shape index (κ2) is 4.91. The lowest BCUT2D eigenvalue weighted by Crippen LogP contribution is -2.47. The van der Waals surface area contributed by atoms with E-state index in [0.29, 0.717) is 6.42 Å². The van der Waals surface area contributed by atoms with Crippen LogP contribution in [0.5, 0.6) is 0 Å². The number of ketones is 2. The Kier molecular flexibility index (Phi) is 3.41. The van der Waals surface area contributed by atoms with Crippen LogP contribution >= 0.6 is 0 Å². The van der Waals surface area contributed by atoms with Gasteiger partial charge in [0, 0.05) is 5.92 Å². The third kappa shape index (κ3) is 1.96. The fourth-order valence-corrected chi connectivity index (χ4v) is 4.15. The van der Waals surface area contributed by atoms with E-state index in [1.54, 1.807) is 13.8 Å². The highest BCUT2D eigenvalue weighted by molar-refractivity contribution is 6.48. The number of anilines is 1. The van der Waals surface area contributed by atoms with Crippen LogP contribution in [0.1, 0.15) is 32.3 Å². The SMILES string of the molecule is CC1(C)[C@H]2CC[C@@]1(C(=O)Nc1ccccc1C(F)(F)F)C(=O)C2=O. The molecule has 4 nitrogen and oxygen atoms in total. The highest BCUT2D eigenvalue weighted by Gasteiger charge is 2.72. The van der Waals surface area contributed by atoms with Gasteiger partial charge in [0.1, 0.15) is 5.41 Å². The van der Waals surface area contributed by atoms with E-state index >= 15 is 0 Å². The van der Waals surface area contributed by atoms with Gasteiger partial charge in [0.05, 0.1) is 11.3 Å². The Bertz CT molecular complexity index is 754. The molecule has 128 valence electrons. The van der Waals surface area contributed by atoms with Crippen molar-refractivity contribution < 1.29 is 27.6 Å². The molecule has 0 spiro atoms. The first-order valence-electron chi connectivity index (χ1n) is 7.60. The molecule has 1 N–H and O–H groups in total. The van der Waals surface area contributed by atoms with E-state index in [9.17, 15) is 27.6 Å². The summed E-state index contributed by atoms with van der Waals surface area (Å²) in [6, 6.07) is 4.58. The van der Waals surface area contributed by atoms with E-state index in [1.165, 1.54) is 12.1 Å². The van der Waals surface area contributed by atoms with Gasteiger partial charge in [0.2, 0.25) is 17.5 Å². The molecule has 0 radical (unpaired) electrons. The second-order valence-electron chi connectivity index (χ2n) is 6.91. The summed E-state index contributed by atoms with van der Waals surface area (Å²) in [5.41, 5.74) is -3.89. The smallest absolute Gasteiger partial charge is 0.325 e. The summed E-state index contributed by atoms with van der Waals surface area (Å²) in [7, 11) is 0. The molecule has 0 unspecified atom stereocenters. The number of nitrogens with one attached hydrogen (secondary N) is 1. The minimum atomic E-state index is -4.63.